The van der Waals surface area contributed by atoms with Crippen LogP contribution in [0.4, 0.5) is 5.69 Å². The number of pyridine rings is 1. The Balaban J connectivity index is 1.81. The van der Waals surface area contributed by atoms with E-state index in [0.717, 1.165) is 11.1 Å². The molecule has 0 spiro atoms. The number of nitrogen functional groups attached to an aromatic ring is 1. The topological polar surface area (TPSA) is 91.9 Å². The summed E-state index contributed by atoms with van der Waals surface area (Å²) >= 11 is 0. The Morgan fingerprint density at radius 2 is 2.18 bits per heavy atom. The highest BCUT2D eigenvalue weighted by Crippen LogP contribution is 2.08. The molecule has 2 aromatic rings. The molecule has 1 aromatic carbocycles. The average molecular weight is 294 g/mol. The van der Waals surface area contributed by atoms with Crippen LogP contribution in [-0.4, -0.2) is 23.1 Å². The molecular weight excluding hydrogens is 276 g/mol. The zero-order valence-corrected chi connectivity index (χ0v) is 12.1. The van der Waals surface area contributed by atoms with Crippen molar-refractivity contribution >= 4 is 23.4 Å². The van der Waals surface area contributed by atoms with E-state index in [4.69, 9.17) is 11.1 Å². The van der Waals surface area contributed by atoms with Crippen molar-refractivity contribution in [1.82, 2.24) is 10.3 Å². The van der Waals surface area contributed by atoms with E-state index in [1.807, 2.05) is 24.3 Å². The molecule has 4 N–H and O–H groups in total. The smallest absolute Gasteiger partial charge is 0.269 e. The molecule has 0 bridgehead atoms. The third-order valence-corrected chi connectivity index (χ3v) is 3.02. The first-order chi connectivity index (χ1) is 10.6. The lowest BCUT2D eigenvalue weighted by molar-refractivity contribution is -0.114. The molecular formula is C17H18N4O. The summed E-state index contributed by atoms with van der Waals surface area (Å²) in [6.45, 7) is 0.471. The van der Waals surface area contributed by atoms with Crippen LogP contribution in [0.5, 0.6) is 0 Å². The summed E-state index contributed by atoms with van der Waals surface area (Å²) in [4.78, 5) is 15.8. The second-order valence-electron chi connectivity index (χ2n) is 4.78. The Morgan fingerprint density at radius 3 is 2.91 bits per heavy atom. The van der Waals surface area contributed by atoms with Crippen molar-refractivity contribution in [3.63, 3.8) is 0 Å². The lowest BCUT2D eigenvalue weighted by Crippen LogP contribution is -2.31. The minimum atomic E-state index is -0.399. The van der Waals surface area contributed by atoms with Crippen molar-refractivity contribution < 1.29 is 4.79 Å². The normalized spacial score (nSPS) is 10.5. The van der Waals surface area contributed by atoms with E-state index in [-0.39, 0.29) is 5.71 Å². The molecule has 0 unspecified atom stereocenters. The number of nitrogens with zero attached hydrogens (tertiary/aromatic N) is 1. The number of benzene rings is 1. The maximum absolute atomic E-state index is 11.8. The van der Waals surface area contributed by atoms with Gasteiger partial charge in [-0.15, -0.1) is 0 Å². The highest BCUT2D eigenvalue weighted by molar-refractivity contribution is 6.42. The molecule has 5 nitrogen and oxygen atoms in total. The number of hydrogen-bond acceptors (Lipinski definition) is 4. The van der Waals surface area contributed by atoms with Gasteiger partial charge >= 0.3 is 0 Å². The van der Waals surface area contributed by atoms with Crippen molar-refractivity contribution in [2.75, 3.05) is 12.3 Å². The monoisotopic (exact) mass is 294 g/mol. The molecule has 5 heteroatoms. The number of carbonyl (C=O) groups is 1. The minimum absolute atomic E-state index is 0.0892. The lowest BCUT2D eigenvalue weighted by atomic mass is 10.1. The first-order valence-electron chi connectivity index (χ1n) is 6.94. The van der Waals surface area contributed by atoms with Crippen molar-refractivity contribution in [3.8, 4) is 0 Å². The maximum atomic E-state index is 11.8. The summed E-state index contributed by atoms with van der Waals surface area (Å²) in [5.74, 6) is -0.399. The van der Waals surface area contributed by atoms with E-state index in [1.54, 1.807) is 30.6 Å². The molecule has 0 radical (unpaired) electrons. The lowest BCUT2D eigenvalue weighted by Gasteiger charge is -2.04. The van der Waals surface area contributed by atoms with Gasteiger partial charge in [-0.25, -0.2) is 0 Å². The van der Waals surface area contributed by atoms with Crippen molar-refractivity contribution in [3.05, 3.63) is 66.0 Å². The third-order valence-electron chi connectivity index (χ3n) is 3.02. The quantitative estimate of drug-likeness (QED) is 0.562. The van der Waals surface area contributed by atoms with E-state index in [1.165, 1.54) is 6.08 Å². The van der Waals surface area contributed by atoms with Gasteiger partial charge in [-0.3, -0.25) is 15.2 Å². The van der Waals surface area contributed by atoms with Gasteiger partial charge in [0.1, 0.15) is 5.71 Å². The maximum Gasteiger partial charge on any atom is 0.269 e. The van der Waals surface area contributed by atoms with Crippen LogP contribution in [0.3, 0.4) is 0 Å². The van der Waals surface area contributed by atoms with Crippen LogP contribution >= 0.6 is 0 Å². The third kappa shape index (κ3) is 4.86. The second-order valence-corrected chi connectivity index (χ2v) is 4.78. The molecule has 0 aliphatic carbocycles. The van der Waals surface area contributed by atoms with Gasteiger partial charge in [0.15, 0.2) is 0 Å². The number of nitrogens with two attached hydrogens (primary N) is 1. The minimum Gasteiger partial charge on any atom is -0.399 e. The number of anilines is 1. The van der Waals surface area contributed by atoms with Gasteiger partial charge in [-0.1, -0.05) is 24.3 Å². The van der Waals surface area contributed by atoms with Crippen LogP contribution in [-0.2, 0) is 11.2 Å². The Morgan fingerprint density at radius 1 is 1.32 bits per heavy atom. The van der Waals surface area contributed by atoms with Crippen LogP contribution in [0.15, 0.2) is 54.9 Å². The molecule has 0 aliphatic heterocycles. The fraction of sp³-hybridized carbons (Fsp3) is 0.118. The molecule has 0 saturated heterocycles. The van der Waals surface area contributed by atoms with Gasteiger partial charge in [0, 0.05) is 24.6 Å². The van der Waals surface area contributed by atoms with Crippen molar-refractivity contribution in [1.29, 1.82) is 5.41 Å². The summed E-state index contributed by atoms with van der Waals surface area (Å²) in [5.41, 5.74) is 8.13. The number of nitrogens with one attached hydrogen (secondary N) is 2. The van der Waals surface area contributed by atoms with E-state index in [9.17, 15) is 4.79 Å². The molecule has 0 aliphatic rings. The summed E-state index contributed by atoms with van der Waals surface area (Å²) in [7, 11) is 0. The van der Waals surface area contributed by atoms with Gasteiger partial charge < -0.3 is 11.1 Å². The SMILES string of the molecule is N=C(C=Cc1cccc(N)c1)C(=O)NCCc1cccnc1. The fourth-order valence-electron chi connectivity index (χ4n) is 1.88. The van der Waals surface area contributed by atoms with E-state index in [2.05, 4.69) is 10.3 Å². The Kier molecular flexibility index (Phi) is 5.43. The first-order valence-corrected chi connectivity index (χ1v) is 6.94. The van der Waals surface area contributed by atoms with Crippen molar-refractivity contribution in [2.24, 2.45) is 0 Å². The Labute approximate surface area is 129 Å². The molecule has 0 saturated carbocycles. The molecule has 1 heterocycles. The van der Waals surface area contributed by atoms with E-state index < -0.39 is 5.91 Å². The zero-order valence-electron chi connectivity index (χ0n) is 12.1. The molecule has 112 valence electrons. The first kappa shape index (κ1) is 15.4. The predicted octanol–water partition coefficient (Wildman–Crippen LogP) is 2.06. The predicted molar refractivity (Wildman–Crippen MR) is 88.6 cm³/mol. The van der Waals surface area contributed by atoms with Crippen LogP contribution in [0.2, 0.25) is 0 Å². The van der Waals surface area contributed by atoms with Crippen molar-refractivity contribution in [2.45, 2.75) is 6.42 Å². The van der Waals surface area contributed by atoms with Crippen LogP contribution in [0.1, 0.15) is 11.1 Å². The average Bonchev–Trinajstić information content (AvgIpc) is 2.53. The number of rotatable bonds is 6. The van der Waals surface area contributed by atoms with E-state index >= 15 is 0 Å². The molecule has 0 fully saturated rings. The summed E-state index contributed by atoms with van der Waals surface area (Å²) in [5, 5.41) is 10.4. The number of carbonyl (C=O) groups excluding carboxylic acids is 1. The molecule has 1 amide bonds. The Hall–Kier alpha value is -2.95. The number of amides is 1. The van der Waals surface area contributed by atoms with Gasteiger partial charge in [-0.05, 0) is 41.8 Å². The number of hydrogen-bond donors (Lipinski definition) is 3. The number of aromatic nitrogens is 1. The molecule has 1 aromatic heterocycles. The second kappa shape index (κ2) is 7.73. The largest absolute Gasteiger partial charge is 0.399 e. The van der Waals surface area contributed by atoms with E-state index in [0.29, 0.717) is 18.7 Å². The van der Waals surface area contributed by atoms with Crippen LogP contribution in [0, 0.1) is 5.41 Å². The summed E-state index contributed by atoms with van der Waals surface area (Å²) in [6.07, 6.45) is 7.31. The molecule has 0 atom stereocenters. The summed E-state index contributed by atoms with van der Waals surface area (Å²) < 4.78 is 0. The van der Waals surface area contributed by atoms with Gasteiger partial charge in [0.25, 0.3) is 5.91 Å². The standard InChI is InChI=1S/C17H18N4O/c18-15-5-1-3-13(11-15)6-7-16(19)17(22)21-10-8-14-4-2-9-20-12-14/h1-7,9,11-12,19H,8,10,18H2,(H,21,22). The molecule has 22 heavy (non-hydrogen) atoms. The van der Waals surface area contributed by atoms with Crippen LogP contribution in [0.25, 0.3) is 6.08 Å². The van der Waals surface area contributed by atoms with Gasteiger partial charge in [-0.2, -0.15) is 0 Å². The summed E-state index contributed by atoms with van der Waals surface area (Å²) in [6, 6.07) is 11.1. The Bertz CT molecular complexity index is 680. The highest BCUT2D eigenvalue weighted by Gasteiger charge is 2.05. The van der Waals surface area contributed by atoms with Gasteiger partial charge in [0.2, 0.25) is 0 Å². The fourth-order valence-corrected chi connectivity index (χ4v) is 1.88. The highest BCUT2D eigenvalue weighted by atomic mass is 16.1. The van der Waals surface area contributed by atoms with Gasteiger partial charge in [0.05, 0.1) is 0 Å². The zero-order chi connectivity index (χ0) is 15.8. The molecule has 2 rings (SSSR count). The van der Waals surface area contributed by atoms with Crippen LogP contribution < -0.4 is 11.1 Å².